The number of hydrogen-bond acceptors (Lipinski definition) is 8. The van der Waals surface area contributed by atoms with Crippen LogP contribution >= 0.6 is 11.3 Å². The number of halogens is 3. The summed E-state index contributed by atoms with van der Waals surface area (Å²) >= 11 is 1.25. The maximum absolute atomic E-state index is 12.7. The quantitative estimate of drug-likeness (QED) is 0.285. The molecule has 1 aromatic heterocycles. The monoisotopic (exact) mass is 441 g/mol. The van der Waals surface area contributed by atoms with E-state index in [1.165, 1.54) is 23.5 Å². The van der Waals surface area contributed by atoms with Crippen LogP contribution in [-0.2, 0) is 6.18 Å². The first-order chi connectivity index (χ1) is 14.1. The molecule has 3 aromatic rings. The van der Waals surface area contributed by atoms with E-state index >= 15 is 0 Å². The lowest BCUT2D eigenvalue weighted by molar-refractivity contribution is -0.384. The zero-order valence-corrected chi connectivity index (χ0v) is 15.9. The fourth-order valence-corrected chi connectivity index (χ4v) is 3.54. The van der Waals surface area contributed by atoms with Gasteiger partial charge in [0.15, 0.2) is 5.13 Å². The summed E-state index contributed by atoms with van der Waals surface area (Å²) in [5.41, 5.74) is -1.14. The molecular weight excluding hydrogens is 427 g/mol. The van der Waals surface area contributed by atoms with E-state index in [2.05, 4.69) is 15.6 Å². The number of hydrogen-bond donors (Lipinski definition) is 2. The topological polar surface area (TPSA) is 123 Å². The number of aromatic nitrogens is 1. The average Bonchev–Trinajstić information content (AvgIpc) is 3.08. The second-order valence-corrected chi connectivity index (χ2v) is 7.15. The predicted molar refractivity (Wildman–Crippen MR) is 106 cm³/mol. The zero-order valence-electron chi connectivity index (χ0n) is 15.1. The molecule has 0 atom stereocenters. The molecule has 0 aliphatic carbocycles. The van der Waals surface area contributed by atoms with Crippen molar-refractivity contribution in [3.05, 3.63) is 62.2 Å². The van der Waals surface area contributed by atoms with E-state index in [0.717, 1.165) is 12.1 Å². The number of nitrogens with one attached hydrogen (secondary N) is 2. The minimum atomic E-state index is -4.66. The van der Waals surface area contributed by atoms with E-state index in [-0.39, 0.29) is 17.9 Å². The Morgan fingerprint density at radius 3 is 2.40 bits per heavy atom. The van der Waals surface area contributed by atoms with E-state index in [1.54, 1.807) is 6.07 Å². The van der Waals surface area contributed by atoms with Gasteiger partial charge in [-0.2, -0.15) is 13.2 Å². The van der Waals surface area contributed by atoms with Gasteiger partial charge in [0.05, 0.1) is 25.6 Å². The van der Waals surface area contributed by atoms with Crippen molar-refractivity contribution in [2.24, 2.45) is 0 Å². The molecule has 0 spiro atoms. The lowest BCUT2D eigenvalue weighted by Gasteiger charge is -2.10. The first kappa shape index (κ1) is 21.2. The van der Waals surface area contributed by atoms with Crippen LogP contribution in [0.25, 0.3) is 10.2 Å². The number of non-ortho nitro benzene ring substituents is 1. The van der Waals surface area contributed by atoms with Gasteiger partial charge in [0.25, 0.3) is 11.4 Å². The van der Waals surface area contributed by atoms with Crippen LogP contribution in [0.5, 0.6) is 0 Å². The second kappa shape index (κ2) is 8.49. The number of nitro benzene ring substituents is 2. The summed E-state index contributed by atoms with van der Waals surface area (Å²) in [6.45, 7) is 0.707. The largest absolute Gasteiger partial charge is 0.416 e. The van der Waals surface area contributed by atoms with Gasteiger partial charge >= 0.3 is 6.18 Å². The number of nitrogens with zero attached hydrogens (tertiary/aromatic N) is 3. The number of fused-ring (bicyclic) bond motifs is 1. The average molecular weight is 441 g/mol. The molecule has 0 fully saturated rings. The molecule has 158 valence electrons. The Morgan fingerprint density at radius 1 is 1.00 bits per heavy atom. The molecule has 13 heteroatoms. The minimum Gasteiger partial charge on any atom is -0.379 e. The van der Waals surface area contributed by atoms with E-state index in [4.69, 9.17) is 0 Å². The van der Waals surface area contributed by atoms with Crippen LogP contribution in [0.15, 0.2) is 36.4 Å². The zero-order chi connectivity index (χ0) is 21.9. The van der Waals surface area contributed by atoms with Crippen LogP contribution in [0, 0.1) is 20.2 Å². The molecule has 2 aromatic carbocycles. The van der Waals surface area contributed by atoms with Gasteiger partial charge < -0.3 is 10.6 Å². The maximum atomic E-state index is 12.7. The highest BCUT2D eigenvalue weighted by Gasteiger charge is 2.33. The molecule has 0 saturated carbocycles. The fourth-order valence-electron chi connectivity index (χ4n) is 2.62. The maximum Gasteiger partial charge on any atom is 0.416 e. The van der Waals surface area contributed by atoms with Crippen LogP contribution in [0.1, 0.15) is 12.0 Å². The Balaban J connectivity index is 1.56. The molecule has 0 saturated heterocycles. The molecule has 3 rings (SSSR count). The Hall–Kier alpha value is -3.48. The Labute approximate surface area is 170 Å². The van der Waals surface area contributed by atoms with E-state index < -0.39 is 27.3 Å². The summed E-state index contributed by atoms with van der Waals surface area (Å²) < 4.78 is 38.8. The summed E-state index contributed by atoms with van der Waals surface area (Å²) in [5.74, 6) is 0. The lowest BCUT2D eigenvalue weighted by atomic mass is 10.1. The van der Waals surface area contributed by atoms with Gasteiger partial charge in [-0.25, -0.2) is 4.98 Å². The number of nitro groups is 2. The van der Waals surface area contributed by atoms with Crippen LogP contribution in [0.2, 0.25) is 0 Å². The molecule has 2 N–H and O–H groups in total. The van der Waals surface area contributed by atoms with Crippen LogP contribution in [0.4, 0.5) is 35.4 Å². The standard InChI is InChI=1S/C17H14F3N5O4S/c18-17(19,20)10-2-4-12(14(8-10)25(28)29)21-6-1-7-22-16-23-13-5-3-11(24(26)27)9-15(13)30-16/h2-5,8-9,21H,1,6-7H2,(H,22,23). The molecule has 30 heavy (non-hydrogen) atoms. The second-order valence-electron chi connectivity index (χ2n) is 6.12. The Bertz CT molecular complexity index is 1100. The van der Waals surface area contributed by atoms with Gasteiger partial charge in [-0.15, -0.1) is 0 Å². The first-order valence-corrected chi connectivity index (χ1v) is 9.35. The highest BCUT2D eigenvalue weighted by atomic mass is 32.1. The van der Waals surface area contributed by atoms with Crippen LogP contribution < -0.4 is 10.6 Å². The first-order valence-electron chi connectivity index (χ1n) is 8.53. The Kier molecular flexibility index (Phi) is 6.01. The minimum absolute atomic E-state index is 0.000275. The van der Waals surface area contributed by atoms with Crippen molar-refractivity contribution in [3.8, 4) is 0 Å². The number of rotatable bonds is 8. The van der Waals surface area contributed by atoms with Crippen molar-refractivity contribution in [2.75, 3.05) is 23.7 Å². The highest BCUT2D eigenvalue weighted by molar-refractivity contribution is 7.22. The van der Waals surface area contributed by atoms with Crippen molar-refractivity contribution >= 4 is 43.7 Å². The molecule has 0 amide bonds. The molecular formula is C17H14F3N5O4S. The van der Waals surface area contributed by atoms with Crippen molar-refractivity contribution < 1.29 is 23.0 Å². The van der Waals surface area contributed by atoms with Crippen molar-refractivity contribution in [1.82, 2.24) is 4.98 Å². The lowest BCUT2D eigenvalue weighted by Crippen LogP contribution is -2.11. The van der Waals surface area contributed by atoms with Crippen LogP contribution in [0.3, 0.4) is 0 Å². The Morgan fingerprint density at radius 2 is 1.73 bits per heavy atom. The number of thiazole rings is 1. The molecule has 1 heterocycles. The summed E-state index contributed by atoms with van der Waals surface area (Å²) in [6, 6.07) is 6.68. The van der Waals surface area contributed by atoms with E-state index in [1.807, 2.05) is 0 Å². The van der Waals surface area contributed by atoms with E-state index in [9.17, 15) is 33.4 Å². The number of alkyl halides is 3. The number of anilines is 2. The van der Waals surface area contributed by atoms with Crippen LogP contribution in [-0.4, -0.2) is 27.9 Å². The summed E-state index contributed by atoms with van der Waals surface area (Å²) in [6.07, 6.45) is -4.17. The normalized spacial score (nSPS) is 11.4. The van der Waals surface area contributed by atoms with Crippen molar-refractivity contribution in [3.63, 3.8) is 0 Å². The fraction of sp³-hybridized carbons (Fsp3) is 0.235. The SMILES string of the molecule is O=[N+]([O-])c1ccc2nc(NCCCNc3ccc(C(F)(F)F)cc3[N+](=O)[O-])sc2c1. The van der Waals surface area contributed by atoms with Gasteiger partial charge in [-0.05, 0) is 24.6 Å². The molecule has 0 aliphatic rings. The molecule has 0 unspecified atom stereocenters. The third-order valence-corrected chi connectivity index (χ3v) is 5.03. The van der Waals surface area contributed by atoms with Gasteiger partial charge in [-0.3, -0.25) is 20.2 Å². The molecule has 0 aliphatic heterocycles. The van der Waals surface area contributed by atoms with Gasteiger partial charge in [0.2, 0.25) is 0 Å². The highest BCUT2D eigenvalue weighted by Crippen LogP contribution is 2.35. The molecule has 9 nitrogen and oxygen atoms in total. The third kappa shape index (κ3) is 4.92. The summed E-state index contributed by atoms with van der Waals surface area (Å²) in [5, 5.41) is 28.3. The predicted octanol–water partition coefficient (Wildman–Crippen LogP) is 5.05. The molecule has 0 bridgehead atoms. The third-order valence-electron chi connectivity index (χ3n) is 4.05. The van der Waals surface area contributed by atoms with Crippen molar-refractivity contribution in [2.45, 2.75) is 12.6 Å². The molecule has 0 radical (unpaired) electrons. The smallest absolute Gasteiger partial charge is 0.379 e. The number of benzene rings is 2. The van der Waals surface area contributed by atoms with E-state index in [0.29, 0.717) is 34.4 Å². The summed E-state index contributed by atoms with van der Waals surface area (Å²) in [7, 11) is 0. The van der Waals surface area contributed by atoms with Crippen molar-refractivity contribution in [1.29, 1.82) is 0 Å². The van der Waals surface area contributed by atoms with Gasteiger partial charge in [-0.1, -0.05) is 11.3 Å². The van der Waals surface area contributed by atoms with Gasteiger partial charge in [0.1, 0.15) is 5.69 Å². The van der Waals surface area contributed by atoms with Gasteiger partial charge in [0, 0.05) is 31.3 Å². The summed E-state index contributed by atoms with van der Waals surface area (Å²) in [4.78, 5) is 24.8.